The van der Waals surface area contributed by atoms with Gasteiger partial charge < -0.3 is 19.9 Å². The SMILES string of the molecule is CC(=O)c1cccc(NC(=O)Cc2ccc(C3OC(CSc4ccccn4)CC(c4ccc(CO)cc4)O3)cc2)c1. The van der Waals surface area contributed by atoms with Crippen molar-refractivity contribution in [3.8, 4) is 0 Å². The van der Waals surface area contributed by atoms with Gasteiger partial charge in [0.15, 0.2) is 12.1 Å². The first-order chi connectivity index (χ1) is 20.0. The highest BCUT2D eigenvalue weighted by Gasteiger charge is 2.32. The van der Waals surface area contributed by atoms with Gasteiger partial charge in [-0.1, -0.05) is 66.7 Å². The maximum atomic E-state index is 12.7. The number of anilines is 1. The van der Waals surface area contributed by atoms with Crippen molar-refractivity contribution in [3.63, 3.8) is 0 Å². The number of ether oxygens (including phenoxy) is 2. The highest BCUT2D eigenvalue weighted by atomic mass is 32.2. The largest absolute Gasteiger partial charge is 0.392 e. The Morgan fingerprint density at radius 1 is 0.927 bits per heavy atom. The van der Waals surface area contributed by atoms with Crippen molar-refractivity contribution >= 4 is 29.1 Å². The van der Waals surface area contributed by atoms with Crippen LogP contribution >= 0.6 is 11.8 Å². The van der Waals surface area contributed by atoms with Crippen LogP contribution in [0.5, 0.6) is 0 Å². The highest BCUT2D eigenvalue weighted by molar-refractivity contribution is 7.99. The summed E-state index contributed by atoms with van der Waals surface area (Å²) in [7, 11) is 0. The summed E-state index contributed by atoms with van der Waals surface area (Å²) in [6.45, 7) is 1.49. The molecule has 2 heterocycles. The third-order valence-electron chi connectivity index (χ3n) is 6.84. The van der Waals surface area contributed by atoms with Gasteiger partial charge in [-0.2, -0.15) is 0 Å². The Kier molecular flexibility index (Phi) is 9.59. The molecule has 8 heteroatoms. The standard InChI is InChI=1S/C33H32N2O5S/c1-22(37)27-5-4-6-28(18-27)35-31(38)17-23-8-14-26(15-9-23)33-39-29(21-41-32-7-2-3-16-34-32)19-30(40-33)25-12-10-24(20-36)11-13-25/h2-16,18,29-30,33,36H,17,19-21H2,1H3,(H,35,38). The molecule has 0 saturated carbocycles. The molecule has 5 rings (SSSR count). The molecule has 1 aromatic heterocycles. The van der Waals surface area contributed by atoms with Crippen LogP contribution in [0.2, 0.25) is 0 Å². The van der Waals surface area contributed by atoms with Gasteiger partial charge in [0.25, 0.3) is 0 Å². The van der Waals surface area contributed by atoms with Crippen molar-refractivity contribution in [2.45, 2.75) is 49.9 Å². The monoisotopic (exact) mass is 568 g/mol. The number of aliphatic hydroxyl groups is 1. The van der Waals surface area contributed by atoms with Gasteiger partial charge in [0, 0.05) is 35.2 Å². The number of Topliss-reactive ketones (excluding diaryl/α,β-unsaturated/α-hetero) is 1. The number of thioether (sulfide) groups is 1. The molecular formula is C33H32N2O5S. The van der Waals surface area contributed by atoms with Gasteiger partial charge in [0.05, 0.1) is 30.3 Å². The number of aliphatic hydroxyl groups excluding tert-OH is 1. The van der Waals surface area contributed by atoms with E-state index >= 15 is 0 Å². The molecule has 3 atom stereocenters. The van der Waals surface area contributed by atoms with Gasteiger partial charge >= 0.3 is 0 Å². The highest BCUT2D eigenvalue weighted by Crippen LogP contribution is 2.39. The summed E-state index contributed by atoms with van der Waals surface area (Å²) in [5.41, 5.74) is 4.75. The van der Waals surface area contributed by atoms with Gasteiger partial charge in [0.1, 0.15) is 0 Å². The lowest BCUT2D eigenvalue weighted by Crippen LogP contribution is -2.31. The molecule has 41 heavy (non-hydrogen) atoms. The Morgan fingerprint density at radius 2 is 1.68 bits per heavy atom. The maximum Gasteiger partial charge on any atom is 0.228 e. The molecule has 7 nitrogen and oxygen atoms in total. The Balaban J connectivity index is 1.26. The summed E-state index contributed by atoms with van der Waals surface area (Å²) < 4.78 is 12.8. The van der Waals surface area contributed by atoms with Crippen LogP contribution in [-0.4, -0.2) is 33.6 Å². The fourth-order valence-electron chi connectivity index (χ4n) is 4.63. The van der Waals surface area contributed by atoms with Crippen LogP contribution in [-0.2, 0) is 27.3 Å². The normalized spacial score (nSPS) is 18.5. The minimum atomic E-state index is -0.571. The first kappa shape index (κ1) is 28.7. The molecule has 0 radical (unpaired) electrons. The number of hydrogen-bond donors (Lipinski definition) is 2. The summed E-state index contributed by atoms with van der Waals surface area (Å²) in [6, 6.07) is 28.3. The number of carbonyl (C=O) groups excluding carboxylic acids is 2. The van der Waals surface area contributed by atoms with Crippen molar-refractivity contribution < 1.29 is 24.2 Å². The fraction of sp³-hybridized carbons (Fsp3) is 0.242. The molecule has 4 aromatic rings. The Morgan fingerprint density at radius 3 is 2.39 bits per heavy atom. The zero-order valence-electron chi connectivity index (χ0n) is 22.7. The number of ketones is 1. The van der Waals surface area contributed by atoms with Crippen LogP contribution in [0.4, 0.5) is 5.69 Å². The van der Waals surface area contributed by atoms with Gasteiger partial charge in [-0.25, -0.2) is 4.98 Å². The number of aromatic nitrogens is 1. The second kappa shape index (κ2) is 13.7. The van der Waals surface area contributed by atoms with Crippen LogP contribution in [0.3, 0.4) is 0 Å². The van der Waals surface area contributed by atoms with E-state index in [9.17, 15) is 14.7 Å². The molecule has 1 aliphatic heterocycles. The molecule has 3 unspecified atom stereocenters. The Hall–Kier alpha value is -3.82. The number of carbonyl (C=O) groups is 2. The van der Waals surface area contributed by atoms with Crippen LogP contribution in [0.25, 0.3) is 0 Å². The van der Waals surface area contributed by atoms with Crippen LogP contribution in [0.15, 0.2) is 102 Å². The van der Waals surface area contributed by atoms with Crippen molar-refractivity contribution in [2.24, 2.45) is 0 Å². The molecule has 0 spiro atoms. The quantitative estimate of drug-likeness (QED) is 0.171. The van der Waals surface area contributed by atoms with E-state index in [0.717, 1.165) is 33.0 Å². The molecule has 210 valence electrons. The lowest BCUT2D eigenvalue weighted by atomic mass is 10.0. The number of hydrogen-bond acceptors (Lipinski definition) is 7. The molecule has 1 amide bonds. The summed E-state index contributed by atoms with van der Waals surface area (Å²) in [5, 5.41) is 13.2. The van der Waals surface area contributed by atoms with Crippen LogP contribution < -0.4 is 5.32 Å². The van der Waals surface area contributed by atoms with E-state index in [-0.39, 0.29) is 36.9 Å². The van der Waals surface area contributed by atoms with E-state index in [0.29, 0.717) is 17.7 Å². The van der Waals surface area contributed by atoms with E-state index in [1.165, 1.54) is 6.92 Å². The molecule has 0 bridgehead atoms. The van der Waals surface area contributed by atoms with Crippen molar-refractivity contribution in [1.82, 2.24) is 4.98 Å². The summed E-state index contributed by atoms with van der Waals surface area (Å²) in [6.07, 6.45) is 1.86. The number of rotatable bonds is 10. The summed E-state index contributed by atoms with van der Waals surface area (Å²) in [4.78, 5) is 28.7. The molecule has 3 aromatic carbocycles. The molecule has 0 aliphatic carbocycles. The van der Waals surface area contributed by atoms with Crippen molar-refractivity contribution in [2.75, 3.05) is 11.1 Å². The van der Waals surface area contributed by atoms with Gasteiger partial charge in [0.2, 0.25) is 5.91 Å². The van der Waals surface area contributed by atoms with E-state index in [1.54, 1.807) is 42.2 Å². The van der Waals surface area contributed by atoms with Crippen LogP contribution in [0.1, 0.15) is 58.4 Å². The topological polar surface area (TPSA) is 97.8 Å². The van der Waals surface area contributed by atoms with E-state index in [2.05, 4.69) is 10.3 Å². The maximum absolute atomic E-state index is 12.7. The predicted molar refractivity (Wildman–Crippen MR) is 159 cm³/mol. The summed E-state index contributed by atoms with van der Waals surface area (Å²) >= 11 is 1.65. The van der Waals surface area contributed by atoms with E-state index < -0.39 is 6.29 Å². The average Bonchev–Trinajstić information content (AvgIpc) is 3.01. The summed E-state index contributed by atoms with van der Waals surface area (Å²) in [5.74, 6) is 0.512. The first-order valence-corrected chi connectivity index (χ1v) is 14.5. The van der Waals surface area contributed by atoms with Crippen molar-refractivity contribution in [1.29, 1.82) is 0 Å². The first-order valence-electron chi connectivity index (χ1n) is 13.5. The smallest absolute Gasteiger partial charge is 0.228 e. The molecule has 1 saturated heterocycles. The molecule has 2 N–H and O–H groups in total. The fourth-order valence-corrected chi connectivity index (χ4v) is 5.51. The average molecular weight is 569 g/mol. The lowest BCUT2D eigenvalue weighted by Gasteiger charge is -2.36. The second-order valence-electron chi connectivity index (χ2n) is 9.93. The van der Waals surface area contributed by atoms with E-state index in [4.69, 9.17) is 9.47 Å². The number of pyridine rings is 1. The number of amides is 1. The number of benzene rings is 3. The van der Waals surface area contributed by atoms with Gasteiger partial charge in [-0.15, -0.1) is 11.8 Å². The van der Waals surface area contributed by atoms with Crippen LogP contribution in [0, 0.1) is 0 Å². The van der Waals surface area contributed by atoms with Gasteiger partial charge in [-0.05, 0) is 47.9 Å². The predicted octanol–water partition coefficient (Wildman–Crippen LogP) is 6.30. The van der Waals surface area contributed by atoms with E-state index in [1.807, 2.05) is 66.7 Å². The van der Waals surface area contributed by atoms with Gasteiger partial charge in [-0.3, -0.25) is 9.59 Å². The second-order valence-corrected chi connectivity index (χ2v) is 11.0. The minimum absolute atomic E-state index is 0.00392. The molecular weight excluding hydrogens is 536 g/mol. The minimum Gasteiger partial charge on any atom is -0.392 e. The number of nitrogens with zero attached hydrogens (tertiary/aromatic N) is 1. The zero-order valence-corrected chi connectivity index (χ0v) is 23.6. The lowest BCUT2D eigenvalue weighted by molar-refractivity contribution is -0.245. The molecule has 1 fully saturated rings. The number of nitrogens with one attached hydrogen (secondary N) is 1. The van der Waals surface area contributed by atoms with Crippen molar-refractivity contribution in [3.05, 3.63) is 125 Å². The zero-order chi connectivity index (χ0) is 28.6. The Labute approximate surface area is 243 Å². The Bertz CT molecular complexity index is 1460. The molecule has 1 aliphatic rings. The third-order valence-corrected chi connectivity index (χ3v) is 7.91. The third kappa shape index (κ3) is 7.89.